The van der Waals surface area contributed by atoms with Gasteiger partial charge in [-0.25, -0.2) is 0 Å². The number of carbonyl (C=O) groups is 1. The summed E-state index contributed by atoms with van der Waals surface area (Å²) >= 11 is 0. The van der Waals surface area contributed by atoms with E-state index in [0.717, 1.165) is 11.1 Å². The van der Waals surface area contributed by atoms with E-state index in [4.69, 9.17) is 4.52 Å². The summed E-state index contributed by atoms with van der Waals surface area (Å²) in [6.45, 7) is 6.35. The third-order valence-corrected chi connectivity index (χ3v) is 4.37. The minimum Gasteiger partial charge on any atom is -0.337 e. The van der Waals surface area contributed by atoms with Crippen LogP contribution in [0.1, 0.15) is 38.6 Å². The van der Waals surface area contributed by atoms with E-state index < -0.39 is 0 Å². The molecule has 5 heteroatoms. The fourth-order valence-electron chi connectivity index (χ4n) is 2.89. The topological polar surface area (TPSA) is 59.2 Å². The number of aromatic nitrogens is 2. The van der Waals surface area contributed by atoms with E-state index in [0.29, 0.717) is 31.1 Å². The van der Waals surface area contributed by atoms with Crippen LogP contribution in [-0.4, -0.2) is 26.5 Å². The van der Waals surface area contributed by atoms with Crippen molar-refractivity contribution in [2.24, 2.45) is 0 Å². The molecular weight excluding hydrogens is 338 g/mol. The van der Waals surface area contributed by atoms with E-state index >= 15 is 0 Å². The predicted octanol–water partition coefficient (Wildman–Crippen LogP) is 4.50. The molecule has 5 nitrogen and oxygen atoms in total. The lowest BCUT2D eigenvalue weighted by molar-refractivity contribution is -0.137. The van der Waals surface area contributed by atoms with E-state index in [-0.39, 0.29) is 11.4 Å². The molecule has 1 heterocycles. The molecule has 1 amide bonds. The number of benzene rings is 2. The van der Waals surface area contributed by atoms with Crippen molar-refractivity contribution < 1.29 is 9.32 Å². The second-order valence-electron chi connectivity index (χ2n) is 7.51. The Morgan fingerprint density at radius 3 is 2.26 bits per heavy atom. The average Bonchev–Trinajstić information content (AvgIpc) is 3.14. The van der Waals surface area contributed by atoms with Crippen molar-refractivity contribution in [3.8, 4) is 11.4 Å². The van der Waals surface area contributed by atoms with Crippen molar-refractivity contribution in [2.45, 2.75) is 45.7 Å². The molecule has 0 spiro atoms. The van der Waals surface area contributed by atoms with Gasteiger partial charge in [0.25, 0.3) is 0 Å². The van der Waals surface area contributed by atoms with E-state index in [1.807, 2.05) is 81.4 Å². The molecule has 3 rings (SSSR count). The second-order valence-corrected chi connectivity index (χ2v) is 7.51. The van der Waals surface area contributed by atoms with Gasteiger partial charge in [0.2, 0.25) is 17.6 Å². The maximum Gasteiger partial charge on any atom is 0.246 e. The number of hydrogen-bond acceptors (Lipinski definition) is 4. The molecule has 0 saturated carbocycles. The number of nitrogens with zero attached hydrogens (tertiary/aromatic N) is 3. The fourth-order valence-corrected chi connectivity index (χ4v) is 2.89. The minimum absolute atomic E-state index is 0.0748. The Hall–Kier alpha value is -2.95. The van der Waals surface area contributed by atoms with Crippen molar-refractivity contribution in [1.82, 2.24) is 15.0 Å². The van der Waals surface area contributed by atoms with Gasteiger partial charge in [-0.05, 0) is 32.8 Å². The van der Waals surface area contributed by atoms with Crippen LogP contribution in [0.5, 0.6) is 0 Å². The molecule has 0 saturated heterocycles. The van der Waals surface area contributed by atoms with Gasteiger partial charge in [0.05, 0.1) is 0 Å². The van der Waals surface area contributed by atoms with Gasteiger partial charge >= 0.3 is 0 Å². The minimum atomic E-state index is -0.338. The number of rotatable bonds is 6. The summed E-state index contributed by atoms with van der Waals surface area (Å²) in [5, 5.41) is 4.05. The van der Waals surface area contributed by atoms with Crippen molar-refractivity contribution >= 4 is 5.91 Å². The molecule has 0 aliphatic carbocycles. The third kappa shape index (κ3) is 5.03. The van der Waals surface area contributed by atoms with Gasteiger partial charge < -0.3 is 9.42 Å². The number of carbonyl (C=O) groups excluding carboxylic acids is 1. The number of hydrogen-bond donors (Lipinski definition) is 0. The highest BCUT2D eigenvalue weighted by molar-refractivity contribution is 5.77. The van der Waals surface area contributed by atoms with Crippen molar-refractivity contribution in [1.29, 1.82) is 0 Å². The van der Waals surface area contributed by atoms with Crippen LogP contribution in [0.15, 0.2) is 65.2 Å². The molecule has 140 valence electrons. The Bertz CT molecular complexity index is 867. The molecule has 0 atom stereocenters. The Morgan fingerprint density at radius 2 is 1.63 bits per heavy atom. The van der Waals surface area contributed by atoms with Crippen LogP contribution in [0, 0.1) is 0 Å². The Kier molecular flexibility index (Phi) is 5.69. The standard InChI is InChI=1S/C22H25N3O2/c1-22(2,3)25(20(26)15-14-17-10-6-4-7-11-17)16-19-23-21(24-27-19)18-12-8-5-9-13-18/h4-13H,14-16H2,1-3H3. The van der Waals surface area contributed by atoms with Crippen LogP contribution in [-0.2, 0) is 17.8 Å². The Morgan fingerprint density at radius 1 is 1.00 bits per heavy atom. The van der Waals surface area contributed by atoms with E-state index in [9.17, 15) is 4.79 Å². The molecule has 0 fully saturated rings. The first-order valence-electron chi connectivity index (χ1n) is 9.16. The van der Waals surface area contributed by atoms with Gasteiger partial charge in [-0.2, -0.15) is 4.98 Å². The lowest BCUT2D eigenvalue weighted by Gasteiger charge is -2.34. The van der Waals surface area contributed by atoms with Crippen LogP contribution in [0.25, 0.3) is 11.4 Å². The Balaban J connectivity index is 1.70. The van der Waals surface area contributed by atoms with E-state index in [2.05, 4.69) is 10.1 Å². The molecule has 0 bridgehead atoms. The molecule has 1 aromatic heterocycles. The monoisotopic (exact) mass is 363 g/mol. The lowest BCUT2D eigenvalue weighted by atomic mass is 10.0. The van der Waals surface area contributed by atoms with Gasteiger partial charge in [-0.15, -0.1) is 0 Å². The number of amides is 1. The van der Waals surface area contributed by atoms with Gasteiger partial charge in [0, 0.05) is 17.5 Å². The molecule has 0 radical (unpaired) electrons. The summed E-state index contributed by atoms with van der Waals surface area (Å²) < 4.78 is 5.40. The molecule has 0 unspecified atom stereocenters. The normalized spacial score (nSPS) is 11.4. The average molecular weight is 363 g/mol. The first kappa shape index (κ1) is 18.8. The van der Waals surface area contributed by atoms with Crippen molar-refractivity contribution in [3.05, 3.63) is 72.1 Å². The van der Waals surface area contributed by atoms with Gasteiger partial charge in [0.15, 0.2) is 0 Å². The molecule has 27 heavy (non-hydrogen) atoms. The highest BCUT2D eigenvalue weighted by Gasteiger charge is 2.28. The lowest BCUT2D eigenvalue weighted by Crippen LogP contribution is -2.45. The smallest absolute Gasteiger partial charge is 0.246 e. The molecule has 0 aliphatic rings. The van der Waals surface area contributed by atoms with Crippen LogP contribution < -0.4 is 0 Å². The van der Waals surface area contributed by atoms with Gasteiger partial charge in [-0.1, -0.05) is 65.8 Å². The number of aryl methyl sites for hydroxylation is 1. The molecule has 2 aromatic carbocycles. The summed E-state index contributed by atoms with van der Waals surface area (Å²) in [4.78, 5) is 19.1. The van der Waals surface area contributed by atoms with Crippen LogP contribution in [0.2, 0.25) is 0 Å². The summed E-state index contributed by atoms with van der Waals surface area (Å²) in [7, 11) is 0. The van der Waals surface area contributed by atoms with Crippen LogP contribution in [0.3, 0.4) is 0 Å². The summed E-state index contributed by atoms with van der Waals surface area (Å²) in [5.74, 6) is 1.05. The fraction of sp³-hybridized carbons (Fsp3) is 0.318. The zero-order chi connectivity index (χ0) is 19.3. The summed E-state index contributed by atoms with van der Waals surface area (Å²) in [6, 6.07) is 19.7. The zero-order valence-corrected chi connectivity index (χ0v) is 16.1. The molecule has 0 aliphatic heterocycles. The SMILES string of the molecule is CC(C)(C)N(Cc1nc(-c2ccccc2)no1)C(=O)CCc1ccccc1. The van der Waals surface area contributed by atoms with Crippen LogP contribution >= 0.6 is 0 Å². The van der Waals surface area contributed by atoms with Crippen molar-refractivity contribution in [2.75, 3.05) is 0 Å². The van der Waals surface area contributed by atoms with Gasteiger partial charge in [0.1, 0.15) is 6.54 Å². The molecule has 3 aromatic rings. The second kappa shape index (κ2) is 8.16. The maximum absolute atomic E-state index is 12.9. The highest BCUT2D eigenvalue weighted by atomic mass is 16.5. The van der Waals surface area contributed by atoms with E-state index in [1.54, 1.807) is 4.90 Å². The Labute approximate surface area is 160 Å². The third-order valence-electron chi connectivity index (χ3n) is 4.37. The molecular formula is C22H25N3O2. The van der Waals surface area contributed by atoms with Crippen LogP contribution in [0.4, 0.5) is 0 Å². The first-order valence-corrected chi connectivity index (χ1v) is 9.16. The summed E-state index contributed by atoms with van der Waals surface area (Å²) in [5.41, 5.74) is 1.71. The first-order chi connectivity index (χ1) is 12.9. The quantitative estimate of drug-likeness (QED) is 0.647. The zero-order valence-electron chi connectivity index (χ0n) is 16.1. The van der Waals surface area contributed by atoms with E-state index in [1.165, 1.54) is 0 Å². The van der Waals surface area contributed by atoms with Gasteiger partial charge in [-0.3, -0.25) is 4.79 Å². The summed E-state index contributed by atoms with van der Waals surface area (Å²) in [6.07, 6.45) is 1.16. The van der Waals surface area contributed by atoms with Crippen molar-refractivity contribution in [3.63, 3.8) is 0 Å². The largest absolute Gasteiger partial charge is 0.337 e. The maximum atomic E-state index is 12.9. The predicted molar refractivity (Wildman–Crippen MR) is 105 cm³/mol. The highest BCUT2D eigenvalue weighted by Crippen LogP contribution is 2.21. The molecule has 0 N–H and O–H groups in total.